The average molecular weight is 634 g/mol. The van der Waals surface area contributed by atoms with Crippen LogP contribution in [-0.2, 0) is 17.8 Å². The second-order valence-electron chi connectivity index (χ2n) is 14.1. The van der Waals surface area contributed by atoms with E-state index in [0.717, 1.165) is 81.3 Å². The highest BCUT2D eigenvalue weighted by molar-refractivity contribution is 5.53. The second-order valence-corrected chi connectivity index (χ2v) is 14.1. The molecule has 0 N–H and O–H groups in total. The minimum Gasteiger partial charge on any atom is -0.489 e. The number of anilines is 1. The van der Waals surface area contributed by atoms with Gasteiger partial charge in [0.1, 0.15) is 35.9 Å². The Morgan fingerprint density at radius 2 is 1.63 bits per heavy atom. The molecule has 8 heteroatoms. The van der Waals surface area contributed by atoms with Crippen molar-refractivity contribution in [2.45, 2.75) is 70.7 Å². The van der Waals surface area contributed by atoms with Crippen LogP contribution >= 0.6 is 0 Å². The molecular formula is C38H46F3N3O2. The van der Waals surface area contributed by atoms with Crippen molar-refractivity contribution in [1.29, 1.82) is 0 Å². The maximum Gasteiger partial charge on any atom is 0.133 e. The quantitative estimate of drug-likeness (QED) is 0.228. The summed E-state index contributed by atoms with van der Waals surface area (Å²) in [5, 5.41) is 0. The van der Waals surface area contributed by atoms with Crippen LogP contribution in [0.15, 0.2) is 60.7 Å². The van der Waals surface area contributed by atoms with Gasteiger partial charge in [-0.1, -0.05) is 36.4 Å². The van der Waals surface area contributed by atoms with Crippen LogP contribution in [0.25, 0.3) is 0 Å². The number of aldehydes is 1. The number of likely N-dealkylation sites (tertiary alicyclic amines) is 1. The number of piperidine rings is 1. The SMILES string of the molecule is CC(C)(F)CN1CCc2cc(OCc3ccccc3)ccc2C1c1c(F)cc(N2CCC3(CCCN(CC=O)CC3)CC2)cc1F. The molecule has 0 bridgehead atoms. The number of nitrogens with zero attached hydrogens (tertiary/aromatic N) is 3. The van der Waals surface area contributed by atoms with Crippen molar-refractivity contribution < 1.29 is 22.7 Å². The molecule has 46 heavy (non-hydrogen) atoms. The van der Waals surface area contributed by atoms with Crippen molar-refractivity contribution in [3.63, 3.8) is 0 Å². The van der Waals surface area contributed by atoms with Crippen LogP contribution in [0.1, 0.15) is 74.2 Å². The zero-order chi connectivity index (χ0) is 32.3. The number of hydrogen-bond acceptors (Lipinski definition) is 5. The molecule has 3 aromatic rings. The van der Waals surface area contributed by atoms with E-state index < -0.39 is 23.3 Å². The van der Waals surface area contributed by atoms with Gasteiger partial charge in [0, 0.05) is 37.4 Å². The first kappa shape index (κ1) is 32.6. The molecule has 1 unspecified atom stereocenters. The predicted octanol–water partition coefficient (Wildman–Crippen LogP) is 7.51. The van der Waals surface area contributed by atoms with E-state index in [1.165, 1.54) is 26.0 Å². The molecule has 6 rings (SSSR count). The van der Waals surface area contributed by atoms with E-state index in [-0.39, 0.29) is 17.5 Å². The fourth-order valence-electron chi connectivity index (χ4n) is 7.83. The third-order valence-corrected chi connectivity index (χ3v) is 10.3. The Bertz CT molecular complexity index is 1480. The third kappa shape index (κ3) is 7.44. The first-order valence-corrected chi connectivity index (χ1v) is 16.8. The van der Waals surface area contributed by atoms with Gasteiger partial charge in [-0.25, -0.2) is 13.2 Å². The number of benzene rings is 3. The van der Waals surface area contributed by atoms with Gasteiger partial charge in [0.05, 0.1) is 12.6 Å². The number of alkyl halides is 1. The number of halogens is 3. The van der Waals surface area contributed by atoms with E-state index in [2.05, 4.69) is 9.80 Å². The van der Waals surface area contributed by atoms with Gasteiger partial charge in [-0.3, -0.25) is 9.80 Å². The molecule has 1 atom stereocenters. The highest BCUT2D eigenvalue weighted by Gasteiger charge is 2.38. The maximum atomic E-state index is 16.2. The lowest BCUT2D eigenvalue weighted by molar-refractivity contribution is -0.108. The van der Waals surface area contributed by atoms with E-state index >= 15 is 13.2 Å². The summed E-state index contributed by atoms with van der Waals surface area (Å²) in [6.07, 6.45) is 6.80. The lowest BCUT2D eigenvalue weighted by Crippen LogP contribution is -2.43. The molecule has 3 aliphatic heterocycles. The Morgan fingerprint density at radius 3 is 2.33 bits per heavy atom. The highest BCUT2D eigenvalue weighted by Crippen LogP contribution is 2.44. The summed E-state index contributed by atoms with van der Waals surface area (Å²) >= 11 is 0. The molecule has 2 saturated heterocycles. The molecule has 2 fully saturated rings. The fourth-order valence-corrected chi connectivity index (χ4v) is 7.83. The molecule has 0 saturated carbocycles. The average Bonchev–Trinajstić information content (AvgIpc) is 3.22. The summed E-state index contributed by atoms with van der Waals surface area (Å²) in [7, 11) is 0. The first-order chi connectivity index (χ1) is 22.1. The first-order valence-electron chi connectivity index (χ1n) is 16.8. The van der Waals surface area contributed by atoms with Crippen molar-refractivity contribution in [3.8, 4) is 5.75 Å². The zero-order valence-electron chi connectivity index (χ0n) is 27.1. The summed E-state index contributed by atoms with van der Waals surface area (Å²) in [5.74, 6) is -0.499. The third-order valence-electron chi connectivity index (χ3n) is 10.3. The molecule has 3 heterocycles. The minimum absolute atomic E-state index is 0.0283. The van der Waals surface area contributed by atoms with Gasteiger partial charge in [0.25, 0.3) is 0 Å². The Kier molecular flexibility index (Phi) is 9.76. The molecule has 0 aromatic heterocycles. The van der Waals surface area contributed by atoms with Gasteiger partial charge in [-0.15, -0.1) is 0 Å². The molecule has 0 amide bonds. The highest BCUT2D eigenvalue weighted by atomic mass is 19.1. The summed E-state index contributed by atoms with van der Waals surface area (Å²) in [4.78, 5) is 17.2. The van der Waals surface area contributed by atoms with Crippen LogP contribution in [-0.4, -0.2) is 67.6 Å². The van der Waals surface area contributed by atoms with Crippen molar-refractivity contribution in [1.82, 2.24) is 9.80 Å². The lowest BCUT2D eigenvalue weighted by Gasteiger charge is -2.43. The van der Waals surface area contributed by atoms with Crippen LogP contribution in [0.2, 0.25) is 0 Å². The van der Waals surface area contributed by atoms with Crippen LogP contribution in [0.3, 0.4) is 0 Å². The van der Waals surface area contributed by atoms with Crippen LogP contribution < -0.4 is 9.64 Å². The summed E-state index contributed by atoms with van der Waals surface area (Å²) in [5.41, 5.74) is 2.02. The summed E-state index contributed by atoms with van der Waals surface area (Å²) < 4.78 is 53.5. The van der Waals surface area contributed by atoms with Crippen LogP contribution in [0.4, 0.5) is 18.9 Å². The van der Waals surface area contributed by atoms with E-state index in [9.17, 15) is 4.79 Å². The van der Waals surface area contributed by atoms with Crippen LogP contribution in [0, 0.1) is 17.0 Å². The van der Waals surface area contributed by atoms with Gasteiger partial charge < -0.3 is 14.4 Å². The molecule has 246 valence electrons. The molecule has 0 aliphatic carbocycles. The van der Waals surface area contributed by atoms with Gasteiger partial charge in [-0.2, -0.15) is 0 Å². The van der Waals surface area contributed by atoms with E-state index in [4.69, 9.17) is 4.74 Å². The zero-order valence-corrected chi connectivity index (χ0v) is 27.1. The van der Waals surface area contributed by atoms with Crippen molar-refractivity contribution in [3.05, 3.63) is 94.6 Å². The van der Waals surface area contributed by atoms with Crippen molar-refractivity contribution in [2.24, 2.45) is 5.41 Å². The van der Waals surface area contributed by atoms with E-state index in [1.54, 1.807) is 0 Å². The smallest absolute Gasteiger partial charge is 0.133 e. The number of hydrogen-bond donors (Lipinski definition) is 0. The molecule has 1 spiro atoms. The second kappa shape index (κ2) is 13.8. The van der Waals surface area contributed by atoms with E-state index in [1.807, 2.05) is 53.4 Å². The number of fused-ring (bicyclic) bond motifs is 1. The fraction of sp³-hybridized carbons (Fsp3) is 0.500. The molecule has 5 nitrogen and oxygen atoms in total. The predicted molar refractivity (Wildman–Crippen MR) is 176 cm³/mol. The number of rotatable bonds is 9. The number of ether oxygens (including phenoxy) is 1. The van der Waals surface area contributed by atoms with Crippen LogP contribution in [0.5, 0.6) is 5.75 Å². The van der Waals surface area contributed by atoms with Crippen molar-refractivity contribution >= 4 is 12.0 Å². The van der Waals surface area contributed by atoms with Gasteiger partial charge >= 0.3 is 0 Å². The normalized spacial score (nSPS) is 20.7. The number of carbonyl (C=O) groups is 1. The summed E-state index contributed by atoms with van der Waals surface area (Å²) in [6, 6.07) is 17.8. The molecule has 3 aliphatic rings. The summed E-state index contributed by atoms with van der Waals surface area (Å²) in [6.45, 7) is 7.82. The van der Waals surface area contributed by atoms with Gasteiger partial charge in [0.15, 0.2) is 0 Å². The molecular weight excluding hydrogens is 587 g/mol. The Morgan fingerprint density at radius 1 is 0.913 bits per heavy atom. The number of carbonyl (C=O) groups excluding carboxylic acids is 1. The Balaban J connectivity index is 1.23. The van der Waals surface area contributed by atoms with Crippen molar-refractivity contribution in [2.75, 3.05) is 50.7 Å². The minimum atomic E-state index is -1.53. The molecule has 0 radical (unpaired) electrons. The lowest BCUT2D eigenvalue weighted by atomic mass is 9.73. The maximum absolute atomic E-state index is 16.2. The monoisotopic (exact) mass is 633 g/mol. The Hall–Kier alpha value is -3.36. The molecule has 3 aromatic carbocycles. The largest absolute Gasteiger partial charge is 0.489 e. The van der Waals surface area contributed by atoms with E-state index in [0.29, 0.717) is 37.6 Å². The Labute approximate surface area is 271 Å². The van der Waals surface area contributed by atoms with Gasteiger partial charge in [0.2, 0.25) is 0 Å². The van der Waals surface area contributed by atoms with Gasteiger partial charge in [-0.05, 0) is 112 Å². The topological polar surface area (TPSA) is 36.0 Å². The standard InChI is InChI=1S/C38H46F3N3O2/c1-37(2,41)27-44-17-11-29-23-31(46-26-28-7-4-3-5-8-28)9-10-32(29)36(44)35-33(39)24-30(25-34(35)40)43-19-14-38(15-20-43)12-6-16-42(18-13-38)21-22-45/h3-5,7-10,22-25,36H,6,11-21,26-27H2,1-2H3.